The third kappa shape index (κ3) is 4.76. The molecule has 0 saturated heterocycles. The zero-order chi connectivity index (χ0) is 21.6. The van der Waals surface area contributed by atoms with E-state index in [1.807, 2.05) is 65.4 Å². The predicted octanol–water partition coefficient (Wildman–Crippen LogP) is 4.70. The van der Waals surface area contributed by atoms with Crippen molar-refractivity contribution >= 4 is 16.7 Å². The minimum absolute atomic E-state index is 0.0310. The molecule has 1 aromatic heterocycles. The minimum Gasteiger partial charge on any atom is -0.395 e. The van der Waals surface area contributed by atoms with E-state index >= 15 is 0 Å². The van der Waals surface area contributed by atoms with Gasteiger partial charge in [-0.2, -0.15) is 0 Å². The molecule has 0 spiro atoms. The maximum atomic E-state index is 13.7. The largest absolute Gasteiger partial charge is 0.395 e. The number of hydrogen-bond acceptors (Lipinski definition) is 3. The van der Waals surface area contributed by atoms with Crippen LogP contribution in [-0.4, -0.2) is 28.6 Å². The third-order valence-corrected chi connectivity index (χ3v) is 5.67. The Bertz CT molecular complexity index is 1150. The van der Waals surface area contributed by atoms with Crippen molar-refractivity contribution in [1.29, 1.82) is 0 Å². The predicted molar refractivity (Wildman–Crippen MR) is 125 cm³/mol. The zero-order valence-corrected chi connectivity index (χ0v) is 17.8. The van der Waals surface area contributed by atoms with Crippen molar-refractivity contribution in [2.45, 2.75) is 25.9 Å². The number of carbonyl (C=O) groups excluding carboxylic acids is 1. The summed E-state index contributed by atoms with van der Waals surface area (Å²) in [6.07, 6.45) is 2.73. The molecule has 4 rings (SSSR count). The summed E-state index contributed by atoms with van der Waals surface area (Å²) in [6.45, 7) is 3.27. The van der Waals surface area contributed by atoms with Gasteiger partial charge in [0.2, 0.25) is 0 Å². The van der Waals surface area contributed by atoms with Crippen molar-refractivity contribution in [2.75, 3.05) is 13.2 Å². The van der Waals surface area contributed by atoms with Gasteiger partial charge >= 0.3 is 0 Å². The summed E-state index contributed by atoms with van der Waals surface area (Å²) in [5.41, 5.74) is 5.09. The Morgan fingerprint density at radius 3 is 2.42 bits per heavy atom. The number of nitrogens with one attached hydrogen (secondary N) is 1. The molecule has 0 saturated carbocycles. The maximum absolute atomic E-state index is 13.7. The fourth-order valence-corrected chi connectivity index (χ4v) is 4.01. The van der Waals surface area contributed by atoms with E-state index in [0.29, 0.717) is 18.7 Å². The summed E-state index contributed by atoms with van der Waals surface area (Å²) >= 11 is 0. The molecule has 4 heteroatoms. The second-order valence-electron chi connectivity index (χ2n) is 7.87. The average Bonchev–Trinajstić information content (AvgIpc) is 3.17. The topological polar surface area (TPSA) is 54.3 Å². The molecule has 31 heavy (non-hydrogen) atoms. The summed E-state index contributed by atoms with van der Waals surface area (Å²) in [5, 5.41) is 13.9. The summed E-state index contributed by atoms with van der Waals surface area (Å²) in [5.74, 6) is 0.0444. The van der Waals surface area contributed by atoms with Crippen LogP contribution in [0, 0.1) is 6.92 Å². The van der Waals surface area contributed by atoms with Gasteiger partial charge in [-0.3, -0.25) is 4.79 Å². The van der Waals surface area contributed by atoms with Crippen molar-refractivity contribution in [3.8, 4) is 0 Å². The molecule has 0 aliphatic rings. The highest BCUT2D eigenvalue weighted by Gasteiger charge is 2.24. The standard InChI is InChI=1S/C27H28N2O2/c1-20-11-13-21(14-12-20)15-16-28-26(22-7-3-2-4-8-22)27(31)24-19-29(17-18-30)25-10-6-5-9-23(24)25/h2-14,19,26,28,30H,15-18H2,1H3/t26-/m0/s1. The van der Waals surface area contributed by atoms with Crippen LogP contribution in [0.5, 0.6) is 0 Å². The van der Waals surface area contributed by atoms with Gasteiger partial charge in [0.05, 0.1) is 12.6 Å². The van der Waals surface area contributed by atoms with Crippen LogP contribution in [0.3, 0.4) is 0 Å². The smallest absolute Gasteiger partial charge is 0.186 e. The lowest BCUT2D eigenvalue weighted by molar-refractivity contribution is 0.0944. The SMILES string of the molecule is Cc1ccc(CCN[C@H](C(=O)c2cn(CCO)c3ccccc23)c2ccccc2)cc1. The van der Waals surface area contributed by atoms with Crippen molar-refractivity contribution in [2.24, 2.45) is 0 Å². The summed E-state index contributed by atoms with van der Waals surface area (Å²) in [6, 6.07) is 25.8. The number of aromatic nitrogens is 1. The second-order valence-corrected chi connectivity index (χ2v) is 7.87. The Kier molecular flexibility index (Phi) is 6.60. The van der Waals surface area contributed by atoms with Crippen LogP contribution < -0.4 is 5.32 Å². The first-order valence-corrected chi connectivity index (χ1v) is 10.7. The Labute approximate surface area is 183 Å². The van der Waals surface area contributed by atoms with Crippen LogP contribution in [0.4, 0.5) is 0 Å². The van der Waals surface area contributed by atoms with Crippen LogP contribution in [0.25, 0.3) is 10.9 Å². The molecular weight excluding hydrogens is 384 g/mol. The first kappa shape index (κ1) is 21.0. The monoisotopic (exact) mass is 412 g/mol. The lowest BCUT2D eigenvalue weighted by atomic mass is 9.96. The molecule has 0 radical (unpaired) electrons. The Morgan fingerprint density at radius 1 is 0.968 bits per heavy atom. The van der Waals surface area contributed by atoms with E-state index in [2.05, 4.69) is 36.5 Å². The number of aliphatic hydroxyl groups excluding tert-OH is 1. The van der Waals surface area contributed by atoms with E-state index in [1.165, 1.54) is 11.1 Å². The molecule has 3 aromatic carbocycles. The number of rotatable bonds is 9. The normalized spacial score (nSPS) is 12.2. The molecule has 0 aliphatic carbocycles. The Balaban J connectivity index is 1.62. The molecule has 0 bridgehead atoms. The molecule has 1 atom stereocenters. The Morgan fingerprint density at radius 2 is 1.68 bits per heavy atom. The number of aliphatic hydroxyl groups is 1. The van der Waals surface area contributed by atoms with Crippen LogP contribution in [0.15, 0.2) is 85.1 Å². The maximum Gasteiger partial charge on any atom is 0.186 e. The van der Waals surface area contributed by atoms with E-state index < -0.39 is 6.04 Å². The number of ketones is 1. The van der Waals surface area contributed by atoms with Gasteiger partial charge in [0.1, 0.15) is 0 Å². The number of carbonyl (C=O) groups is 1. The fourth-order valence-electron chi connectivity index (χ4n) is 4.01. The van der Waals surface area contributed by atoms with Crippen LogP contribution in [-0.2, 0) is 13.0 Å². The highest BCUT2D eigenvalue weighted by Crippen LogP contribution is 2.27. The number of hydrogen-bond donors (Lipinski definition) is 2. The van der Waals surface area contributed by atoms with Crippen molar-refractivity contribution in [1.82, 2.24) is 9.88 Å². The number of fused-ring (bicyclic) bond motifs is 1. The Hall–Kier alpha value is -3.21. The summed E-state index contributed by atoms with van der Waals surface area (Å²) < 4.78 is 1.96. The van der Waals surface area contributed by atoms with E-state index in [1.54, 1.807) is 0 Å². The number of Topliss-reactive ketones (excluding diaryl/α,β-unsaturated/α-hetero) is 1. The molecule has 0 amide bonds. The van der Waals surface area contributed by atoms with Gasteiger partial charge in [0.25, 0.3) is 0 Å². The highest BCUT2D eigenvalue weighted by atomic mass is 16.3. The average molecular weight is 413 g/mol. The van der Waals surface area contributed by atoms with E-state index in [9.17, 15) is 9.90 Å². The van der Waals surface area contributed by atoms with Gasteiger partial charge in [0, 0.05) is 35.8 Å². The first-order valence-electron chi connectivity index (χ1n) is 10.7. The van der Waals surface area contributed by atoms with Crippen LogP contribution in [0.2, 0.25) is 0 Å². The third-order valence-electron chi connectivity index (χ3n) is 5.67. The van der Waals surface area contributed by atoms with E-state index in [0.717, 1.165) is 22.9 Å². The van der Waals surface area contributed by atoms with Crippen LogP contribution >= 0.6 is 0 Å². The lowest BCUT2D eigenvalue weighted by Gasteiger charge is -2.18. The van der Waals surface area contributed by atoms with Gasteiger partial charge in [0.15, 0.2) is 5.78 Å². The molecule has 0 fully saturated rings. The van der Waals surface area contributed by atoms with Gasteiger partial charge in [-0.05, 0) is 30.5 Å². The van der Waals surface area contributed by atoms with Crippen molar-refractivity contribution in [3.05, 3.63) is 107 Å². The first-order chi connectivity index (χ1) is 15.2. The van der Waals surface area contributed by atoms with E-state index in [-0.39, 0.29) is 12.4 Å². The van der Waals surface area contributed by atoms with Crippen LogP contribution in [0.1, 0.15) is 33.1 Å². The molecule has 2 N–H and O–H groups in total. The minimum atomic E-state index is -0.431. The molecule has 4 aromatic rings. The number of aryl methyl sites for hydroxylation is 1. The fraction of sp³-hybridized carbons (Fsp3) is 0.222. The van der Waals surface area contributed by atoms with Crippen molar-refractivity contribution < 1.29 is 9.90 Å². The van der Waals surface area contributed by atoms with Gasteiger partial charge < -0.3 is 15.0 Å². The zero-order valence-electron chi connectivity index (χ0n) is 17.8. The van der Waals surface area contributed by atoms with Gasteiger partial charge in [-0.1, -0.05) is 78.4 Å². The number of nitrogens with zero attached hydrogens (tertiary/aromatic N) is 1. The molecule has 1 heterocycles. The molecule has 4 nitrogen and oxygen atoms in total. The van der Waals surface area contributed by atoms with Gasteiger partial charge in [-0.15, -0.1) is 0 Å². The molecular formula is C27H28N2O2. The van der Waals surface area contributed by atoms with Gasteiger partial charge in [-0.25, -0.2) is 0 Å². The molecule has 158 valence electrons. The molecule has 0 unspecified atom stereocenters. The van der Waals surface area contributed by atoms with E-state index in [4.69, 9.17) is 0 Å². The number of para-hydroxylation sites is 1. The summed E-state index contributed by atoms with van der Waals surface area (Å²) in [4.78, 5) is 13.7. The second kappa shape index (κ2) is 9.73. The van der Waals surface area contributed by atoms with Crippen molar-refractivity contribution in [3.63, 3.8) is 0 Å². The number of benzene rings is 3. The quantitative estimate of drug-likeness (QED) is 0.392. The highest BCUT2D eigenvalue weighted by molar-refractivity contribution is 6.10. The molecule has 0 aliphatic heterocycles. The lowest BCUT2D eigenvalue weighted by Crippen LogP contribution is -2.30. The summed E-state index contributed by atoms with van der Waals surface area (Å²) in [7, 11) is 0.